The van der Waals surface area contributed by atoms with Crippen molar-refractivity contribution >= 4 is 43.5 Å². The number of anilines is 1. The van der Waals surface area contributed by atoms with E-state index in [2.05, 4.69) is 37.2 Å². The number of halogens is 2. The van der Waals surface area contributed by atoms with Crippen LogP contribution in [0.25, 0.3) is 0 Å². The fourth-order valence-electron chi connectivity index (χ4n) is 2.92. The maximum Gasteiger partial charge on any atom is 0.247 e. The molecule has 0 radical (unpaired) electrons. The number of carbonyl (C=O) groups excluding carboxylic acids is 1. The van der Waals surface area contributed by atoms with Gasteiger partial charge in [-0.1, -0.05) is 50.1 Å². The molecule has 3 rings (SSSR count). The predicted molar refractivity (Wildman–Crippen MR) is 91.1 cm³/mol. The van der Waals surface area contributed by atoms with Crippen LogP contribution in [0.3, 0.4) is 0 Å². The molecule has 108 valence electrons. The Balaban J connectivity index is 2.08. The minimum atomic E-state index is -0.847. The van der Waals surface area contributed by atoms with Crippen molar-refractivity contribution in [1.29, 1.82) is 0 Å². The van der Waals surface area contributed by atoms with Crippen LogP contribution in [0, 0.1) is 0 Å². The number of rotatable bonds is 3. The van der Waals surface area contributed by atoms with Crippen LogP contribution in [0.1, 0.15) is 17.5 Å². The van der Waals surface area contributed by atoms with Crippen molar-refractivity contribution < 1.29 is 4.79 Å². The van der Waals surface area contributed by atoms with Gasteiger partial charge in [-0.15, -0.1) is 0 Å². The fourth-order valence-corrected chi connectivity index (χ4v) is 3.88. The maximum atomic E-state index is 12.2. The highest BCUT2D eigenvalue weighted by molar-refractivity contribution is 9.10. The molecule has 0 fully saturated rings. The van der Waals surface area contributed by atoms with Gasteiger partial charge in [0.15, 0.2) is 0 Å². The van der Waals surface area contributed by atoms with Crippen LogP contribution in [0.4, 0.5) is 5.69 Å². The minimum absolute atomic E-state index is 0.348. The van der Waals surface area contributed by atoms with Crippen LogP contribution >= 0.6 is 31.9 Å². The summed E-state index contributed by atoms with van der Waals surface area (Å²) in [6, 6.07) is 13.7. The highest BCUT2D eigenvalue weighted by atomic mass is 79.9. The van der Waals surface area contributed by atoms with Crippen molar-refractivity contribution in [3.8, 4) is 0 Å². The number of nitrogens with two attached hydrogens (primary N) is 1. The lowest BCUT2D eigenvalue weighted by atomic mass is 9.90. The molecule has 0 saturated heterocycles. The van der Waals surface area contributed by atoms with Gasteiger partial charge in [0, 0.05) is 14.6 Å². The second kappa shape index (κ2) is 5.46. The van der Waals surface area contributed by atoms with Gasteiger partial charge < -0.3 is 11.1 Å². The van der Waals surface area contributed by atoms with Gasteiger partial charge in [-0.05, 0) is 48.2 Å². The molecule has 1 aliphatic rings. The third-order valence-corrected chi connectivity index (χ3v) is 5.17. The lowest BCUT2D eigenvalue weighted by Gasteiger charge is -2.29. The van der Waals surface area contributed by atoms with E-state index in [1.54, 1.807) is 0 Å². The SMILES string of the molecule is NC(=O)C1(Nc2cccc(Br)c2)CCc2c(Br)cccc21. The first-order valence-corrected chi connectivity index (χ1v) is 8.23. The summed E-state index contributed by atoms with van der Waals surface area (Å²) in [5.41, 5.74) is 7.89. The van der Waals surface area contributed by atoms with Crippen molar-refractivity contribution in [2.24, 2.45) is 5.73 Å². The molecule has 0 bridgehead atoms. The Hall–Kier alpha value is -1.33. The van der Waals surface area contributed by atoms with E-state index in [1.807, 2.05) is 42.5 Å². The van der Waals surface area contributed by atoms with Gasteiger partial charge in [0.05, 0.1) is 0 Å². The van der Waals surface area contributed by atoms with Gasteiger partial charge in [0.2, 0.25) is 5.91 Å². The van der Waals surface area contributed by atoms with E-state index in [0.29, 0.717) is 6.42 Å². The van der Waals surface area contributed by atoms with Crippen LogP contribution in [-0.4, -0.2) is 5.91 Å². The first kappa shape index (κ1) is 14.6. The molecule has 3 N–H and O–H groups in total. The lowest BCUT2D eigenvalue weighted by molar-refractivity contribution is -0.122. The molecule has 1 amide bonds. The molecule has 1 unspecified atom stereocenters. The van der Waals surface area contributed by atoms with Crippen LogP contribution < -0.4 is 11.1 Å². The van der Waals surface area contributed by atoms with Crippen molar-refractivity contribution in [2.45, 2.75) is 18.4 Å². The first-order chi connectivity index (χ1) is 10.0. The normalized spacial score (nSPS) is 20.1. The highest BCUT2D eigenvalue weighted by Crippen LogP contribution is 2.42. The van der Waals surface area contributed by atoms with Crippen LogP contribution in [0.5, 0.6) is 0 Å². The Morgan fingerprint density at radius 2 is 1.95 bits per heavy atom. The van der Waals surface area contributed by atoms with Crippen molar-refractivity contribution in [3.05, 3.63) is 62.5 Å². The van der Waals surface area contributed by atoms with E-state index in [9.17, 15) is 4.79 Å². The zero-order chi connectivity index (χ0) is 15.0. The second-order valence-corrected chi connectivity index (χ2v) is 6.94. The topological polar surface area (TPSA) is 55.1 Å². The number of fused-ring (bicyclic) bond motifs is 1. The number of hydrogen-bond donors (Lipinski definition) is 2. The summed E-state index contributed by atoms with van der Waals surface area (Å²) in [4.78, 5) is 12.2. The van der Waals surface area contributed by atoms with Gasteiger partial charge >= 0.3 is 0 Å². The molecule has 21 heavy (non-hydrogen) atoms. The Kier molecular flexibility index (Phi) is 3.80. The van der Waals surface area contributed by atoms with Gasteiger partial charge in [-0.3, -0.25) is 4.79 Å². The highest BCUT2D eigenvalue weighted by Gasteiger charge is 2.44. The molecule has 0 spiro atoms. The average molecular weight is 410 g/mol. The fraction of sp³-hybridized carbons (Fsp3) is 0.188. The third-order valence-electron chi connectivity index (χ3n) is 3.93. The zero-order valence-corrected chi connectivity index (χ0v) is 14.4. The summed E-state index contributed by atoms with van der Waals surface area (Å²) in [5, 5.41) is 3.35. The molecule has 3 nitrogen and oxygen atoms in total. The Bertz CT molecular complexity index is 717. The standard InChI is InChI=1S/C16H14Br2N2O/c17-10-3-1-4-11(9-10)20-16(15(19)21)8-7-12-13(16)5-2-6-14(12)18/h1-6,9,20H,7-8H2,(H2,19,21). The number of benzene rings is 2. The van der Waals surface area contributed by atoms with Crippen LogP contribution in [-0.2, 0) is 16.8 Å². The van der Waals surface area contributed by atoms with E-state index in [4.69, 9.17) is 5.73 Å². The van der Waals surface area contributed by atoms with E-state index in [0.717, 1.165) is 32.2 Å². The summed E-state index contributed by atoms with van der Waals surface area (Å²) < 4.78 is 1.98. The average Bonchev–Trinajstić information content (AvgIpc) is 2.81. The van der Waals surface area contributed by atoms with E-state index >= 15 is 0 Å². The van der Waals surface area contributed by atoms with Gasteiger partial charge in [0.25, 0.3) is 0 Å². The number of amides is 1. The molecule has 5 heteroatoms. The predicted octanol–water partition coefficient (Wildman–Crippen LogP) is 3.95. The van der Waals surface area contributed by atoms with Gasteiger partial charge in [-0.2, -0.15) is 0 Å². The van der Waals surface area contributed by atoms with Gasteiger partial charge in [0.1, 0.15) is 5.54 Å². The van der Waals surface area contributed by atoms with Crippen LogP contribution in [0.2, 0.25) is 0 Å². The number of primary amides is 1. The Labute approximate surface area is 140 Å². The van der Waals surface area contributed by atoms with Crippen molar-refractivity contribution in [2.75, 3.05) is 5.32 Å². The van der Waals surface area contributed by atoms with Crippen molar-refractivity contribution in [3.63, 3.8) is 0 Å². The summed E-state index contributed by atoms with van der Waals surface area (Å²) in [6.07, 6.45) is 1.48. The van der Waals surface area contributed by atoms with E-state index < -0.39 is 5.54 Å². The monoisotopic (exact) mass is 408 g/mol. The number of nitrogens with one attached hydrogen (secondary N) is 1. The molecule has 2 aromatic rings. The largest absolute Gasteiger partial charge is 0.368 e. The Morgan fingerprint density at radius 3 is 2.67 bits per heavy atom. The van der Waals surface area contributed by atoms with Crippen molar-refractivity contribution in [1.82, 2.24) is 0 Å². The maximum absolute atomic E-state index is 12.2. The van der Waals surface area contributed by atoms with Crippen LogP contribution in [0.15, 0.2) is 51.4 Å². The number of carbonyl (C=O) groups is 1. The van der Waals surface area contributed by atoms with E-state index in [-0.39, 0.29) is 5.91 Å². The summed E-state index contributed by atoms with van der Waals surface area (Å²) in [6.45, 7) is 0. The molecule has 0 aliphatic heterocycles. The molecule has 1 aliphatic carbocycles. The second-order valence-electron chi connectivity index (χ2n) is 5.17. The molecular weight excluding hydrogens is 396 g/mol. The van der Waals surface area contributed by atoms with E-state index in [1.165, 1.54) is 0 Å². The zero-order valence-electron chi connectivity index (χ0n) is 11.2. The molecule has 0 saturated carbocycles. The molecule has 1 atom stereocenters. The minimum Gasteiger partial charge on any atom is -0.368 e. The number of hydrogen-bond acceptors (Lipinski definition) is 2. The molecule has 0 aromatic heterocycles. The molecule has 2 aromatic carbocycles. The summed E-state index contributed by atoms with van der Waals surface area (Å²) >= 11 is 7.00. The first-order valence-electron chi connectivity index (χ1n) is 6.64. The summed E-state index contributed by atoms with van der Waals surface area (Å²) in [5.74, 6) is -0.348. The smallest absolute Gasteiger partial charge is 0.247 e. The quantitative estimate of drug-likeness (QED) is 0.806. The lowest BCUT2D eigenvalue weighted by Crippen LogP contribution is -2.46. The summed E-state index contributed by atoms with van der Waals surface area (Å²) in [7, 11) is 0. The van der Waals surface area contributed by atoms with Gasteiger partial charge in [-0.25, -0.2) is 0 Å². The Morgan fingerprint density at radius 1 is 1.19 bits per heavy atom. The third kappa shape index (κ3) is 2.49. The molecular formula is C16H14Br2N2O. The molecule has 0 heterocycles.